The lowest BCUT2D eigenvalue weighted by Gasteiger charge is -2.08. The molecule has 1 aromatic carbocycles. The van der Waals surface area contributed by atoms with Crippen molar-refractivity contribution in [2.75, 3.05) is 0 Å². The number of aromatic nitrogens is 4. The minimum Gasteiger partial charge on any atom is -0.331 e. The number of hydrogen-bond donors (Lipinski definition) is 2. The van der Waals surface area contributed by atoms with Gasteiger partial charge in [0.15, 0.2) is 4.77 Å². The highest BCUT2D eigenvalue weighted by molar-refractivity contribution is 7.71. The Morgan fingerprint density at radius 3 is 2.52 bits per heavy atom. The molecule has 6 heteroatoms. The third-order valence-electron chi connectivity index (χ3n) is 3.81. The van der Waals surface area contributed by atoms with Gasteiger partial charge in [-0.15, -0.1) is 0 Å². The van der Waals surface area contributed by atoms with Crippen LogP contribution in [0.5, 0.6) is 0 Å². The van der Waals surface area contributed by atoms with Gasteiger partial charge < -0.3 is 14.5 Å². The molecule has 0 bridgehead atoms. The monoisotopic (exact) mass is 330 g/mol. The normalized spacial score (nSPS) is 12.1. The first-order valence-electron chi connectivity index (χ1n) is 8.00. The first-order chi connectivity index (χ1) is 10.8. The summed E-state index contributed by atoms with van der Waals surface area (Å²) in [5.41, 5.74) is 3.99. The SMILES string of the molecule is CC(C)Cc1nc2cc3c(cc2[nH]c1=O)[nH]c(=S)n3CC(C)C. The molecule has 2 N–H and O–H groups in total. The summed E-state index contributed by atoms with van der Waals surface area (Å²) in [6, 6.07) is 3.93. The van der Waals surface area contributed by atoms with E-state index in [4.69, 9.17) is 12.2 Å². The van der Waals surface area contributed by atoms with Crippen LogP contribution in [0.25, 0.3) is 22.1 Å². The molecule has 0 spiro atoms. The molecule has 23 heavy (non-hydrogen) atoms. The molecule has 0 fully saturated rings. The molecule has 0 saturated carbocycles. The number of benzene rings is 1. The summed E-state index contributed by atoms with van der Waals surface area (Å²) in [5, 5.41) is 0. The molecule has 0 saturated heterocycles. The van der Waals surface area contributed by atoms with Crippen molar-refractivity contribution in [3.63, 3.8) is 0 Å². The third-order valence-corrected chi connectivity index (χ3v) is 4.13. The molecule has 0 aliphatic heterocycles. The van der Waals surface area contributed by atoms with E-state index in [0.717, 1.165) is 28.6 Å². The molecule has 0 atom stereocenters. The van der Waals surface area contributed by atoms with Crippen molar-refractivity contribution < 1.29 is 0 Å². The van der Waals surface area contributed by atoms with Gasteiger partial charge in [-0.3, -0.25) is 4.79 Å². The first-order valence-corrected chi connectivity index (χ1v) is 8.41. The number of nitrogens with zero attached hydrogens (tertiary/aromatic N) is 2. The van der Waals surface area contributed by atoms with Crippen LogP contribution in [0.2, 0.25) is 0 Å². The van der Waals surface area contributed by atoms with Crippen LogP contribution in [0, 0.1) is 16.6 Å². The van der Waals surface area contributed by atoms with Crippen LogP contribution in [-0.4, -0.2) is 19.5 Å². The third kappa shape index (κ3) is 3.08. The predicted octanol–water partition coefficient (Wildman–Crippen LogP) is 3.79. The average Bonchev–Trinajstić information content (AvgIpc) is 2.72. The first kappa shape index (κ1) is 15.9. The van der Waals surface area contributed by atoms with E-state index in [2.05, 4.69) is 47.2 Å². The number of hydrogen-bond acceptors (Lipinski definition) is 3. The van der Waals surface area contributed by atoms with Crippen LogP contribution in [-0.2, 0) is 13.0 Å². The van der Waals surface area contributed by atoms with E-state index < -0.39 is 0 Å². The fourth-order valence-corrected chi connectivity index (χ4v) is 3.13. The van der Waals surface area contributed by atoms with E-state index in [1.807, 2.05) is 12.1 Å². The summed E-state index contributed by atoms with van der Waals surface area (Å²) in [7, 11) is 0. The quantitative estimate of drug-likeness (QED) is 0.715. The summed E-state index contributed by atoms with van der Waals surface area (Å²) in [4.78, 5) is 22.9. The highest BCUT2D eigenvalue weighted by atomic mass is 32.1. The number of fused-ring (bicyclic) bond motifs is 2. The van der Waals surface area contributed by atoms with Gasteiger partial charge >= 0.3 is 0 Å². The lowest BCUT2D eigenvalue weighted by Crippen LogP contribution is -2.17. The summed E-state index contributed by atoms with van der Waals surface area (Å²) in [5.74, 6) is 0.888. The van der Waals surface area contributed by atoms with Crippen molar-refractivity contribution in [1.82, 2.24) is 19.5 Å². The standard InChI is InChI=1S/C17H22N4OS/c1-9(2)5-14-16(22)19-11-6-13-15(7-12(11)18-14)21(8-10(3)4)17(23)20-13/h6-7,9-10H,5,8H2,1-4H3,(H,19,22)(H,20,23). The van der Waals surface area contributed by atoms with E-state index in [1.54, 1.807) is 0 Å². The molecule has 0 radical (unpaired) electrons. The van der Waals surface area contributed by atoms with Gasteiger partial charge in [-0.2, -0.15) is 0 Å². The highest BCUT2D eigenvalue weighted by Crippen LogP contribution is 2.21. The van der Waals surface area contributed by atoms with Gasteiger partial charge in [0.2, 0.25) is 0 Å². The summed E-state index contributed by atoms with van der Waals surface area (Å²) in [6.07, 6.45) is 0.675. The van der Waals surface area contributed by atoms with Crippen molar-refractivity contribution in [3.05, 3.63) is 33.0 Å². The Labute approximate surface area is 139 Å². The van der Waals surface area contributed by atoms with E-state index >= 15 is 0 Å². The average molecular weight is 330 g/mol. The summed E-state index contributed by atoms with van der Waals surface area (Å²) in [6.45, 7) is 9.35. The molecule has 2 heterocycles. The van der Waals surface area contributed by atoms with Crippen LogP contribution < -0.4 is 5.56 Å². The molecule has 0 aliphatic carbocycles. The zero-order chi connectivity index (χ0) is 16.7. The fraction of sp³-hybridized carbons (Fsp3) is 0.471. The molecule has 122 valence electrons. The van der Waals surface area contributed by atoms with Crippen molar-refractivity contribution in [1.29, 1.82) is 0 Å². The van der Waals surface area contributed by atoms with Crippen molar-refractivity contribution >= 4 is 34.3 Å². The molecule has 0 amide bonds. The summed E-state index contributed by atoms with van der Waals surface area (Å²) < 4.78 is 2.80. The number of rotatable bonds is 4. The Balaban J connectivity index is 2.24. The second kappa shape index (κ2) is 5.92. The number of aromatic amines is 2. The van der Waals surface area contributed by atoms with Crippen LogP contribution in [0.15, 0.2) is 16.9 Å². The number of H-pyrrole nitrogens is 2. The zero-order valence-corrected chi connectivity index (χ0v) is 14.8. The topological polar surface area (TPSA) is 66.5 Å². The van der Waals surface area contributed by atoms with Gasteiger partial charge in [0.05, 0.1) is 22.1 Å². The Bertz CT molecular complexity index is 976. The Morgan fingerprint density at radius 2 is 1.87 bits per heavy atom. The van der Waals surface area contributed by atoms with Gasteiger partial charge in [0.25, 0.3) is 5.56 Å². The van der Waals surface area contributed by atoms with Gasteiger partial charge in [0, 0.05) is 6.54 Å². The van der Waals surface area contributed by atoms with Crippen molar-refractivity contribution in [2.24, 2.45) is 11.8 Å². The van der Waals surface area contributed by atoms with E-state index in [0.29, 0.717) is 28.7 Å². The van der Waals surface area contributed by atoms with Gasteiger partial charge in [-0.1, -0.05) is 27.7 Å². The molecule has 0 aliphatic rings. The van der Waals surface area contributed by atoms with Crippen LogP contribution in [0.4, 0.5) is 0 Å². The van der Waals surface area contributed by atoms with Crippen molar-refractivity contribution in [2.45, 2.75) is 40.7 Å². The number of nitrogens with one attached hydrogen (secondary N) is 2. The second-order valence-corrected chi connectivity index (χ2v) is 7.32. The Kier molecular flexibility index (Phi) is 4.10. The number of imidazole rings is 1. The molecule has 2 aromatic heterocycles. The highest BCUT2D eigenvalue weighted by Gasteiger charge is 2.11. The Hall–Kier alpha value is -1.95. The molecule has 3 aromatic rings. The minimum absolute atomic E-state index is 0.106. The predicted molar refractivity (Wildman–Crippen MR) is 96.4 cm³/mol. The van der Waals surface area contributed by atoms with Crippen LogP contribution in [0.1, 0.15) is 33.4 Å². The van der Waals surface area contributed by atoms with Crippen LogP contribution in [0.3, 0.4) is 0 Å². The van der Waals surface area contributed by atoms with E-state index in [-0.39, 0.29) is 5.56 Å². The minimum atomic E-state index is -0.106. The lowest BCUT2D eigenvalue weighted by atomic mass is 10.1. The maximum atomic E-state index is 12.2. The molecular formula is C17H22N4OS. The maximum absolute atomic E-state index is 12.2. The Morgan fingerprint density at radius 1 is 1.13 bits per heavy atom. The molecular weight excluding hydrogens is 308 g/mol. The lowest BCUT2D eigenvalue weighted by molar-refractivity contribution is 0.529. The molecule has 0 unspecified atom stereocenters. The largest absolute Gasteiger partial charge is 0.331 e. The van der Waals surface area contributed by atoms with Gasteiger partial charge in [0.1, 0.15) is 5.69 Å². The van der Waals surface area contributed by atoms with Crippen molar-refractivity contribution in [3.8, 4) is 0 Å². The van der Waals surface area contributed by atoms with E-state index in [9.17, 15) is 4.79 Å². The van der Waals surface area contributed by atoms with Gasteiger partial charge in [-0.25, -0.2) is 4.98 Å². The van der Waals surface area contributed by atoms with E-state index in [1.165, 1.54) is 0 Å². The molecule has 3 rings (SSSR count). The zero-order valence-electron chi connectivity index (χ0n) is 13.9. The fourth-order valence-electron chi connectivity index (χ4n) is 2.85. The second-order valence-electron chi connectivity index (χ2n) is 6.93. The maximum Gasteiger partial charge on any atom is 0.270 e. The van der Waals surface area contributed by atoms with Gasteiger partial charge in [-0.05, 0) is 42.6 Å². The van der Waals surface area contributed by atoms with Crippen LogP contribution >= 0.6 is 12.2 Å². The molecule has 5 nitrogen and oxygen atoms in total. The summed E-state index contributed by atoms with van der Waals surface area (Å²) >= 11 is 5.43. The smallest absolute Gasteiger partial charge is 0.270 e.